The molecule has 16 heteroatoms. The molecule has 16 nitrogen and oxygen atoms in total. The van der Waals surface area contributed by atoms with E-state index in [0.29, 0.717) is 39.3 Å². The molecule has 0 aromatic rings. The summed E-state index contributed by atoms with van der Waals surface area (Å²) < 4.78 is 55.6. The SMILES string of the molecule is CCC(C)(C)C(=O)OC1(C(C)(C)COC)CCCC1.CCC(C)(C)C(=O)OC1(C(C)(C)COC)CCCCC1.CCC(C)(C)C(=O)OCC(=O)OC1(C(C)(C)COC)CCCC1.CCC(C)(C)C(=O)OCCC(=O)OC1(C(C)(C)COC)CCCC1. The van der Waals surface area contributed by atoms with E-state index >= 15 is 0 Å². The third-order valence-electron chi connectivity index (χ3n) is 20.7. The summed E-state index contributed by atoms with van der Waals surface area (Å²) in [6, 6.07) is 0. The fraction of sp³-hybridized carbons (Fsp3) is 0.914. The van der Waals surface area contributed by atoms with Crippen molar-refractivity contribution in [2.24, 2.45) is 43.3 Å². The molecule has 0 unspecified atom stereocenters. The van der Waals surface area contributed by atoms with Crippen LogP contribution in [0.1, 0.15) is 280 Å². The van der Waals surface area contributed by atoms with Crippen LogP contribution in [0.25, 0.3) is 0 Å². The van der Waals surface area contributed by atoms with Gasteiger partial charge in [0.2, 0.25) is 0 Å². The van der Waals surface area contributed by atoms with Gasteiger partial charge >= 0.3 is 35.8 Å². The van der Waals surface area contributed by atoms with E-state index in [1.54, 1.807) is 42.3 Å². The molecule has 4 fully saturated rings. The van der Waals surface area contributed by atoms with Crippen LogP contribution in [0.5, 0.6) is 0 Å². The van der Waals surface area contributed by atoms with Crippen molar-refractivity contribution in [3.8, 4) is 0 Å². The Morgan fingerprint density at radius 1 is 0.314 bits per heavy atom. The number of carbonyl (C=O) groups excluding carboxylic acids is 6. The smallest absolute Gasteiger partial charge is 0.344 e. The van der Waals surface area contributed by atoms with Gasteiger partial charge in [-0.3, -0.25) is 24.0 Å². The zero-order valence-corrected chi connectivity index (χ0v) is 59.3. The molecule has 0 spiro atoms. The second-order valence-electron chi connectivity index (χ2n) is 30.6. The molecule has 0 saturated heterocycles. The molecule has 0 bridgehead atoms. The van der Waals surface area contributed by atoms with Crippen LogP contribution in [-0.2, 0) is 76.1 Å². The highest BCUT2D eigenvalue weighted by atomic mass is 16.6. The molecule has 4 aliphatic rings. The Morgan fingerprint density at radius 3 is 0.814 bits per heavy atom. The van der Waals surface area contributed by atoms with Gasteiger partial charge in [-0.2, -0.15) is 0 Å². The van der Waals surface area contributed by atoms with E-state index in [0.717, 1.165) is 116 Å². The first kappa shape index (κ1) is 80.7. The fourth-order valence-electron chi connectivity index (χ4n) is 12.1. The first-order chi connectivity index (χ1) is 39.6. The highest BCUT2D eigenvalue weighted by molar-refractivity contribution is 5.80. The minimum Gasteiger partial charge on any atom is -0.465 e. The van der Waals surface area contributed by atoms with E-state index in [-0.39, 0.29) is 82.3 Å². The maximum absolute atomic E-state index is 12.6. The highest BCUT2D eigenvalue weighted by Crippen LogP contribution is 2.51. The zero-order chi connectivity index (χ0) is 66.3. The highest BCUT2D eigenvalue weighted by Gasteiger charge is 2.54. The van der Waals surface area contributed by atoms with Crippen molar-refractivity contribution in [3.05, 3.63) is 0 Å². The predicted molar refractivity (Wildman–Crippen MR) is 339 cm³/mol. The van der Waals surface area contributed by atoms with Gasteiger partial charge in [-0.1, -0.05) is 89.5 Å². The Bertz CT molecular complexity index is 2070. The summed E-state index contributed by atoms with van der Waals surface area (Å²) in [5, 5.41) is 0. The molecule has 0 atom stereocenters. The third kappa shape index (κ3) is 22.0. The van der Waals surface area contributed by atoms with Gasteiger partial charge in [0.25, 0.3) is 0 Å². The van der Waals surface area contributed by atoms with Crippen molar-refractivity contribution >= 4 is 35.8 Å². The van der Waals surface area contributed by atoms with Crippen LogP contribution >= 0.6 is 0 Å². The van der Waals surface area contributed by atoms with Crippen molar-refractivity contribution < 1.29 is 76.1 Å². The topological polar surface area (TPSA) is 195 Å². The number of carbonyl (C=O) groups is 6. The molecule has 0 radical (unpaired) electrons. The first-order valence-electron chi connectivity index (χ1n) is 32.8. The average molecular weight is 1230 g/mol. The van der Waals surface area contributed by atoms with E-state index < -0.39 is 38.8 Å². The van der Waals surface area contributed by atoms with E-state index in [1.165, 1.54) is 6.42 Å². The summed E-state index contributed by atoms with van der Waals surface area (Å²) in [6.07, 6.45) is 20.2. The summed E-state index contributed by atoms with van der Waals surface area (Å²) in [7, 11) is 6.75. The van der Waals surface area contributed by atoms with Crippen LogP contribution in [0.4, 0.5) is 0 Å². The lowest BCUT2D eigenvalue weighted by Crippen LogP contribution is -2.53. The van der Waals surface area contributed by atoms with Crippen LogP contribution in [0.2, 0.25) is 0 Å². The molecule has 4 aliphatic carbocycles. The molecular formula is C70H128O16. The monoisotopic (exact) mass is 1220 g/mol. The normalized spacial score (nSPS) is 18.6. The van der Waals surface area contributed by atoms with Gasteiger partial charge in [0.1, 0.15) is 29.0 Å². The molecule has 504 valence electrons. The standard InChI is InChI=1S/C19H34O5.C18H32O5.C17H32O3.C16H30O3/c1-7-17(2,3)16(21)23-13-10-15(20)24-19(11-8-9-12-19)18(4,5)14-22-6;1-7-16(2,3)15(20)22-12-14(19)23-18(10-8-9-11-18)17(4,5)13-21-6;1-7-15(2,3)14(18)20-17(11-9-8-10-12-17)16(4,5)13-19-6;1-7-14(2,3)13(17)19-16(10-8-9-11-16)15(4,5)12-18-6/h7-14H2,1-6H3;7-13H2,1-6H3;7-13H2,1-6H3;7-12H2,1-6H3. The summed E-state index contributed by atoms with van der Waals surface area (Å²) >= 11 is 0. The van der Waals surface area contributed by atoms with Gasteiger partial charge in [0.05, 0.1) is 54.5 Å². The number of hydrogen-bond acceptors (Lipinski definition) is 16. The van der Waals surface area contributed by atoms with Crippen molar-refractivity contribution in [1.82, 2.24) is 0 Å². The molecule has 0 aliphatic heterocycles. The quantitative estimate of drug-likeness (QED) is 0.0506. The van der Waals surface area contributed by atoms with Gasteiger partial charge in [-0.05, 0) is 184 Å². The molecule has 0 amide bonds. The summed E-state index contributed by atoms with van der Waals surface area (Å²) in [5.41, 5.74) is -4.46. The molecule has 0 aromatic carbocycles. The number of hydrogen-bond donors (Lipinski definition) is 0. The van der Waals surface area contributed by atoms with Crippen LogP contribution in [-0.4, -0.2) is 126 Å². The van der Waals surface area contributed by atoms with E-state index in [2.05, 4.69) is 55.4 Å². The van der Waals surface area contributed by atoms with Gasteiger partial charge < -0.3 is 47.4 Å². The number of rotatable bonds is 29. The van der Waals surface area contributed by atoms with Crippen molar-refractivity contribution in [3.63, 3.8) is 0 Å². The average Bonchev–Trinajstić information content (AvgIpc) is 1.52. The lowest BCUT2D eigenvalue weighted by atomic mass is 9.67. The lowest BCUT2D eigenvalue weighted by Gasteiger charge is -2.49. The zero-order valence-electron chi connectivity index (χ0n) is 59.3. The maximum atomic E-state index is 12.6. The lowest BCUT2D eigenvalue weighted by molar-refractivity contribution is -0.197. The van der Waals surface area contributed by atoms with Crippen molar-refractivity contribution in [1.29, 1.82) is 0 Å². The Hall–Kier alpha value is -3.34. The molecular weight excluding hydrogens is 1100 g/mol. The molecule has 4 rings (SSSR count). The molecule has 86 heavy (non-hydrogen) atoms. The molecule has 0 heterocycles. The predicted octanol–water partition coefficient (Wildman–Crippen LogP) is 15.7. The Balaban J connectivity index is 0.000000576. The largest absolute Gasteiger partial charge is 0.465 e. The van der Waals surface area contributed by atoms with E-state index in [4.69, 9.17) is 47.4 Å². The van der Waals surface area contributed by atoms with Crippen LogP contribution in [0, 0.1) is 43.3 Å². The minimum absolute atomic E-state index is 0.0638. The van der Waals surface area contributed by atoms with Crippen molar-refractivity contribution in [2.75, 3.05) is 68.1 Å². The van der Waals surface area contributed by atoms with Crippen molar-refractivity contribution in [2.45, 2.75) is 302 Å². The number of methoxy groups -OCH3 is 4. The Morgan fingerprint density at radius 2 is 0.547 bits per heavy atom. The molecule has 0 aromatic heterocycles. The fourth-order valence-corrected chi connectivity index (χ4v) is 12.1. The second kappa shape index (κ2) is 34.2. The maximum Gasteiger partial charge on any atom is 0.344 e. The van der Waals surface area contributed by atoms with Gasteiger partial charge in [0.15, 0.2) is 6.61 Å². The number of esters is 6. The molecule has 4 saturated carbocycles. The van der Waals surface area contributed by atoms with Crippen LogP contribution in [0.3, 0.4) is 0 Å². The van der Waals surface area contributed by atoms with Crippen LogP contribution < -0.4 is 0 Å². The third-order valence-corrected chi connectivity index (χ3v) is 20.7. The van der Waals surface area contributed by atoms with E-state index in [1.807, 2.05) is 69.2 Å². The number of ether oxygens (including phenoxy) is 10. The van der Waals surface area contributed by atoms with E-state index in [9.17, 15) is 28.8 Å². The minimum atomic E-state index is -0.583. The molecule has 0 N–H and O–H groups in total. The Kier molecular flexibility index (Phi) is 32.1. The van der Waals surface area contributed by atoms with Gasteiger partial charge in [-0.25, -0.2) is 4.79 Å². The summed E-state index contributed by atoms with van der Waals surface area (Å²) in [4.78, 5) is 73.4. The second-order valence-corrected chi connectivity index (χ2v) is 30.6. The van der Waals surface area contributed by atoms with Crippen LogP contribution in [0.15, 0.2) is 0 Å². The summed E-state index contributed by atoms with van der Waals surface area (Å²) in [5.74, 6) is -1.55. The summed E-state index contributed by atoms with van der Waals surface area (Å²) in [6.45, 7) is 42.0. The Labute approximate surface area is 523 Å². The van der Waals surface area contributed by atoms with Gasteiger partial charge in [-0.15, -0.1) is 0 Å². The van der Waals surface area contributed by atoms with Gasteiger partial charge in [0, 0.05) is 50.1 Å². The first-order valence-corrected chi connectivity index (χ1v) is 32.8.